The fraction of sp³-hybridized carbons (Fsp3) is 0.292. The van der Waals surface area contributed by atoms with Crippen LogP contribution in [0.3, 0.4) is 0 Å². The maximum Gasteiger partial charge on any atom is 0.269 e. The molecule has 1 saturated heterocycles. The number of piperazine rings is 1. The molecule has 3 aromatic rings. The van der Waals surface area contributed by atoms with Crippen molar-refractivity contribution in [2.24, 2.45) is 5.92 Å². The zero-order chi connectivity index (χ0) is 22.9. The van der Waals surface area contributed by atoms with Crippen molar-refractivity contribution >= 4 is 34.6 Å². The van der Waals surface area contributed by atoms with Crippen LogP contribution in [0.25, 0.3) is 0 Å². The Labute approximate surface area is 195 Å². The van der Waals surface area contributed by atoms with Crippen LogP contribution in [0.5, 0.6) is 0 Å². The van der Waals surface area contributed by atoms with Gasteiger partial charge in [0.15, 0.2) is 0 Å². The van der Waals surface area contributed by atoms with Crippen molar-refractivity contribution in [1.29, 1.82) is 0 Å². The number of nitro benzene ring substituents is 1. The molecule has 0 aliphatic carbocycles. The Kier molecular flexibility index (Phi) is 5.68. The number of anilines is 2. The topological polar surface area (TPSA) is 91.9 Å². The number of fused-ring (bicyclic) bond motifs is 3. The lowest BCUT2D eigenvalue weighted by molar-refractivity contribution is -0.384. The maximum atomic E-state index is 13.3. The molecule has 5 rings (SSSR count). The fourth-order valence-corrected chi connectivity index (χ4v) is 5.12. The van der Waals surface area contributed by atoms with E-state index in [0.29, 0.717) is 36.8 Å². The average molecular weight is 467 g/mol. The lowest BCUT2D eigenvalue weighted by atomic mass is 9.83. The van der Waals surface area contributed by atoms with Crippen LogP contribution in [0.4, 0.5) is 17.1 Å². The normalized spacial score (nSPS) is 19.5. The summed E-state index contributed by atoms with van der Waals surface area (Å²) in [5, 5.41) is 15.0. The van der Waals surface area contributed by atoms with Crippen LogP contribution in [0, 0.1) is 16.0 Å². The number of nitro groups is 1. The lowest BCUT2D eigenvalue weighted by Crippen LogP contribution is -2.61. The standard InChI is InChI=1S/C24H23ClN4O4/c25-20-5-1-2-6-22(20)27-9-10-28-21-8-7-17(29(31)32)12-16(21)13-19(23(28)15-27)24(30)26-14-18-4-3-11-33-18/h1-8,11-12,19,23H,9-10,13-15H2,(H,26,30)/t19-,23+/m1/s1. The molecule has 1 amide bonds. The molecule has 9 heteroatoms. The number of nitrogens with zero attached hydrogens (tertiary/aromatic N) is 3. The highest BCUT2D eigenvalue weighted by atomic mass is 35.5. The van der Waals surface area contributed by atoms with Gasteiger partial charge >= 0.3 is 0 Å². The summed E-state index contributed by atoms with van der Waals surface area (Å²) in [5.41, 5.74) is 2.77. The van der Waals surface area contributed by atoms with Gasteiger partial charge in [0.2, 0.25) is 5.91 Å². The minimum atomic E-state index is -0.395. The van der Waals surface area contributed by atoms with Crippen molar-refractivity contribution in [3.63, 3.8) is 0 Å². The molecule has 1 aromatic heterocycles. The average Bonchev–Trinajstić information content (AvgIpc) is 3.35. The molecule has 2 aliphatic rings. The van der Waals surface area contributed by atoms with Crippen molar-refractivity contribution in [1.82, 2.24) is 5.32 Å². The number of halogens is 1. The first kappa shape index (κ1) is 21.3. The summed E-state index contributed by atoms with van der Waals surface area (Å²) in [6.45, 7) is 2.34. The summed E-state index contributed by atoms with van der Waals surface area (Å²) in [7, 11) is 0. The van der Waals surface area contributed by atoms with E-state index in [9.17, 15) is 14.9 Å². The first-order valence-electron chi connectivity index (χ1n) is 10.8. The SMILES string of the molecule is O=C(NCc1ccco1)[C@@H]1Cc2cc([N+](=O)[O-])ccc2N2CCN(c3ccccc3Cl)C[C@@H]12. The van der Waals surface area contributed by atoms with Gasteiger partial charge in [-0.05, 0) is 42.3 Å². The molecule has 0 spiro atoms. The second-order valence-corrected chi connectivity index (χ2v) is 8.74. The van der Waals surface area contributed by atoms with Gasteiger partial charge in [-0.25, -0.2) is 0 Å². The van der Waals surface area contributed by atoms with E-state index < -0.39 is 4.92 Å². The summed E-state index contributed by atoms with van der Waals surface area (Å²) in [6, 6.07) is 16.1. The van der Waals surface area contributed by atoms with Crippen molar-refractivity contribution in [3.8, 4) is 0 Å². The highest BCUT2D eigenvalue weighted by Gasteiger charge is 2.42. The summed E-state index contributed by atoms with van der Waals surface area (Å²) in [6.07, 6.45) is 2.00. The number of rotatable bonds is 5. The monoisotopic (exact) mass is 466 g/mol. The second kappa shape index (κ2) is 8.78. The van der Waals surface area contributed by atoms with Crippen LogP contribution in [0.1, 0.15) is 11.3 Å². The molecule has 0 bridgehead atoms. The molecular formula is C24H23ClN4O4. The molecule has 2 aliphatic heterocycles. The molecule has 0 unspecified atom stereocenters. The molecule has 33 heavy (non-hydrogen) atoms. The number of benzene rings is 2. The van der Waals surface area contributed by atoms with Crippen LogP contribution < -0.4 is 15.1 Å². The van der Waals surface area contributed by atoms with Crippen LogP contribution >= 0.6 is 11.6 Å². The van der Waals surface area contributed by atoms with E-state index in [1.165, 1.54) is 6.07 Å². The van der Waals surface area contributed by atoms with E-state index in [0.717, 1.165) is 23.5 Å². The molecule has 1 fully saturated rings. The van der Waals surface area contributed by atoms with E-state index in [1.54, 1.807) is 18.4 Å². The fourth-order valence-electron chi connectivity index (χ4n) is 4.87. The van der Waals surface area contributed by atoms with Gasteiger partial charge in [-0.2, -0.15) is 0 Å². The van der Waals surface area contributed by atoms with Crippen LogP contribution in [-0.2, 0) is 17.8 Å². The first-order chi connectivity index (χ1) is 16.0. The Hall–Kier alpha value is -3.52. The van der Waals surface area contributed by atoms with Crippen LogP contribution in [0.2, 0.25) is 5.02 Å². The van der Waals surface area contributed by atoms with Gasteiger partial charge in [-0.3, -0.25) is 14.9 Å². The van der Waals surface area contributed by atoms with E-state index in [2.05, 4.69) is 15.1 Å². The number of nitrogens with one attached hydrogen (secondary N) is 1. The zero-order valence-electron chi connectivity index (χ0n) is 17.8. The third-order valence-electron chi connectivity index (χ3n) is 6.45. The van der Waals surface area contributed by atoms with Gasteiger partial charge in [0.05, 0.1) is 40.4 Å². The van der Waals surface area contributed by atoms with Crippen molar-refractivity contribution in [3.05, 3.63) is 87.3 Å². The Morgan fingerprint density at radius 3 is 2.76 bits per heavy atom. The summed E-state index contributed by atoms with van der Waals surface area (Å²) in [4.78, 5) is 28.7. The quantitative estimate of drug-likeness (QED) is 0.451. The Balaban J connectivity index is 1.46. The van der Waals surface area contributed by atoms with E-state index >= 15 is 0 Å². The first-order valence-corrected chi connectivity index (χ1v) is 11.2. The Bertz CT molecular complexity index is 1180. The van der Waals surface area contributed by atoms with Gasteiger partial charge in [-0.1, -0.05) is 23.7 Å². The third-order valence-corrected chi connectivity index (χ3v) is 6.77. The van der Waals surface area contributed by atoms with Gasteiger partial charge in [0, 0.05) is 37.5 Å². The molecule has 1 N–H and O–H groups in total. The highest BCUT2D eigenvalue weighted by Crippen LogP contribution is 2.39. The maximum absolute atomic E-state index is 13.3. The van der Waals surface area contributed by atoms with Gasteiger partial charge in [-0.15, -0.1) is 0 Å². The van der Waals surface area contributed by atoms with Crippen LogP contribution in [-0.4, -0.2) is 36.5 Å². The number of carbonyl (C=O) groups is 1. The number of furan rings is 1. The summed E-state index contributed by atoms with van der Waals surface area (Å²) < 4.78 is 5.34. The molecule has 8 nitrogen and oxygen atoms in total. The van der Waals surface area contributed by atoms with Crippen LogP contribution in [0.15, 0.2) is 65.3 Å². The lowest BCUT2D eigenvalue weighted by Gasteiger charge is -2.49. The molecule has 2 atom stereocenters. The number of carbonyl (C=O) groups excluding carboxylic acids is 1. The molecule has 2 aromatic carbocycles. The van der Waals surface area contributed by atoms with E-state index in [-0.39, 0.29) is 23.6 Å². The number of amides is 1. The van der Waals surface area contributed by atoms with Gasteiger partial charge in [0.1, 0.15) is 5.76 Å². The summed E-state index contributed by atoms with van der Waals surface area (Å²) in [5.74, 6) is 0.202. The number of non-ortho nitro benzene ring substituents is 1. The zero-order valence-corrected chi connectivity index (χ0v) is 18.6. The predicted molar refractivity (Wildman–Crippen MR) is 126 cm³/mol. The van der Waals surface area contributed by atoms with E-state index in [1.807, 2.05) is 36.4 Å². The minimum Gasteiger partial charge on any atom is -0.467 e. The summed E-state index contributed by atoms with van der Waals surface area (Å²) >= 11 is 6.46. The largest absolute Gasteiger partial charge is 0.467 e. The Morgan fingerprint density at radius 2 is 2.00 bits per heavy atom. The third kappa shape index (κ3) is 4.14. The number of para-hydroxylation sites is 1. The Morgan fingerprint density at radius 1 is 1.15 bits per heavy atom. The number of hydrogen-bond acceptors (Lipinski definition) is 6. The van der Waals surface area contributed by atoms with E-state index in [4.69, 9.17) is 16.0 Å². The number of hydrogen-bond donors (Lipinski definition) is 1. The molecule has 3 heterocycles. The molecule has 0 radical (unpaired) electrons. The molecule has 0 saturated carbocycles. The van der Waals surface area contributed by atoms with Gasteiger partial charge in [0.25, 0.3) is 5.69 Å². The minimum absolute atomic E-state index is 0.0386. The highest BCUT2D eigenvalue weighted by molar-refractivity contribution is 6.33. The second-order valence-electron chi connectivity index (χ2n) is 8.34. The van der Waals surface area contributed by atoms with Crippen molar-refractivity contribution in [2.45, 2.75) is 19.0 Å². The molecule has 170 valence electrons. The van der Waals surface area contributed by atoms with Gasteiger partial charge < -0.3 is 19.5 Å². The predicted octanol–water partition coefficient (Wildman–Crippen LogP) is 4.03. The van der Waals surface area contributed by atoms with Crippen molar-refractivity contribution in [2.75, 3.05) is 29.4 Å². The molecular weight excluding hydrogens is 444 g/mol. The van der Waals surface area contributed by atoms with Crippen molar-refractivity contribution < 1.29 is 14.1 Å². The smallest absolute Gasteiger partial charge is 0.269 e.